The van der Waals surface area contributed by atoms with Gasteiger partial charge in [0.05, 0.1) is 20.3 Å². The lowest BCUT2D eigenvalue weighted by atomic mass is 10.1. The molecule has 0 radical (unpaired) electrons. The van der Waals surface area contributed by atoms with Gasteiger partial charge in [0.1, 0.15) is 18.1 Å². The molecule has 0 atom stereocenters. The van der Waals surface area contributed by atoms with Crippen LogP contribution in [0.4, 0.5) is 0 Å². The summed E-state index contributed by atoms with van der Waals surface area (Å²) in [6.45, 7) is 5.84. The normalized spacial score (nSPS) is 14.4. The van der Waals surface area contributed by atoms with Gasteiger partial charge in [-0.2, -0.15) is 0 Å². The fourth-order valence-electron chi connectivity index (χ4n) is 3.57. The summed E-state index contributed by atoms with van der Waals surface area (Å²) in [5.74, 6) is 3.33. The van der Waals surface area contributed by atoms with E-state index in [1.54, 1.807) is 18.9 Å². The average Bonchev–Trinajstić information content (AvgIpc) is 3.24. The molecule has 0 spiro atoms. The molecule has 0 amide bonds. The van der Waals surface area contributed by atoms with Crippen molar-refractivity contribution in [2.24, 2.45) is 0 Å². The van der Waals surface area contributed by atoms with Crippen LogP contribution in [0.5, 0.6) is 11.5 Å². The zero-order valence-corrected chi connectivity index (χ0v) is 19.3. The van der Waals surface area contributed by atoms with Crippen LogP contribution in [0, 0.1) is 0 Å². The van der Waals surface area contributed by atoms with Crippen molar-refractivity contribution in [3.63, 3.8) is 0 Å². The number of hydrogen-bond donors (Lipinski definition) is 0. The SMILES string of the molecule is COc1cccc(OCc2nnc(SCCN3CCOCC3)n2CCc2ccccc2)c1. The topological polar surface area (TPSA) is 61.6 Å². The van der Waals surface area contributed by atoms with Crippen LogP contribution in [0.1, 0.15) is 11.4 Å². The molecule has 7 nitrogen and oxygen atoms in total. The van der Waals surface area contributed by atoms with Crippen molar-refractivity contribution in [3.05, 3.63) is 66.0 Å². The molecule has 8 heteroatoms. The lowest BCUT2D eigenvalue weighted by molar-refractivity contribution is 0.0410. The van der Waals surface area contributed by atoms with Crippen molar-refractivity contribution in [3.8, 4) is 11.5 Å². The summed E-state index contributed by atoms with van der Waals surface area (Å²) in [4.78, 5) is 2.44. The molecule has 3 aromatic rings. The number of methoxy groups -OCH3 is 1. The number of ether oxygens (including phenoxy) is 3. The lowest BCUT2D eigenvalue weighted by Gasteiger charge is -2.26. The highest BCUT2D eigenvalue weighted by Crippen LogP contribution is 2.22. The Balaban J connectivity index is 1.41. The maximum atomic E-state index is 6.01. The molecule has 0 N–H and O–H groups in total. The third kappa shape index (κ3) is 6.48. The Morgan fingerprint density at radius 3 is 2.59 bits per heavy atom. The third-order valence-corrected chi connectivity index (χ3v) is 6.36. The first kappa shape index (κ1) is 22.6. The molecule has 2 heterocycles. The molecule has 1 aromatic heterocycles. The highest BCUT2D eigenvalue weighted by molar-refractivity contribution is 7.99. The molecule has 2 aromatic carbocycles. The fraction of sp³-hybridized carbons (Fsp3) is 0.417. The molecule has 4 rings (SSSR count). The summed E-state index contributed by atoms with van der Waals surface area (Å²) < 4.78 is 18.9. The van der Waals surface area contributed by atoms with Crippen molar-refractivity contribution < 1.29 is 14.2 Å². The van der Waals surface area contributed by atoms with Crippen molar-refractivity contribution in [1.29, 1.82) is 0 Å². The minimum absolute atomic E-state index is 0.360. The average molecular weight is 455 g/mol. The van der Waals surface area contributed by atoms with Gasteiger partial charge in [0.15, 0.2) is 11.0 Å². The number of thioether (sulfide) groups is 1. The lowest BCUT2D eigenvalue weighted by Crippen LogP contribution is -2.37. The van der Waals surface area contributed by atoms with Gasteiger partial charge in [-0.25, -0.2) is 0 Å². The van der Waals surface area contributed by atoms with Crippen molar-refractivity contribution in [2.75, 3.05) is 45.7 Å². The van der Waals surface area contributed by atoms with E-state index in [1.807, 2.05) is 30.3 Å². The molecular weight excluding hydrogens is 424 g/mol. The Morgan fingerprint density at radius 2 is 1.78 bits per heavy atom. The Bertz CT molecular complexity index is 961. The van der Waals surface area contributed by atoms with E-state index in [9.17, 15) is 0 Å². The van der Waals surface area contributed by atoms with Crippen LogP contribution >= 0.6 is 11.8 Å². The smallest absolute Gasteiger partial charge is 0.191 e. The molecule has 0 bridgehead atoms. The van der Waals surface area contributed by atoms with Crippen molar-refractivity contribution in [1.82, 2.24) is 19.7 Å². The van der Waals surface area contributed by atoms with Gasteiger partial charge in [0, 0.05) is 38.0 Å². The quantitative estimate of drug-likeness (QED) is 0.411. The molecule has 1 saturated heterocycles. The Morgan fingerprint density at radius 1 is 0.969 bits per heavy atom. The van der Waals surface area contributed by atoms with Gasteiger partial charge in [-0.05, 0) is 24.1 Å². The molecule has 1 fully saturated rings. The number of aromatic nitrogens is 3. The predicted octanol–water partition coefficient (Wildman–Crippen LogP) is 3.53. The second kappa shape index (κ2) is 11.9. The number of morpholine rings is 1. The predicted molar refractivity (Wildman–Crippen MR) is 125 cm³/mol. The number of aryl methyl sites for hydroxylation is 1. The van der Waals surface area contributed by atoms with Crippen molar-refractivity contribution in [2.45, 2.75) is 24.7 Å². The largest absolute Gasteiger partial charge is 0.497 e. The summed E-state index contributed by atoms with van der Waals surface area (Å²) in [6.07, 6.45) is 0.919. The fourth-order valence-corrected chi connectivity index (χ4v) is 4.56. The molecule has 1 aliphatic rings. The van der Waals surface area contributed by atoms with Crippen LogP contribution in [-0.4, -0.2) is 65.4 Å². The summed E-state index contributed by atoms with van der Waals surface area (Å²) in [7, 11) is 1.65. The van der Waals surface area contributed by atoms with Gasteiger partial charge < -0.3 is 18.8 Å². The molecule has 32 heavy (non-hydrogen) atoms. The maximum absolute atomic E-state index is 6.01. The van der Waals surface area contributed by atoms with Gasteiger partial charge in [-0.3, -0.25) is 4.90 Å². The van der Waals surface area contributed by atoms with Gasteiger partial charge >= 0.3 is 0 Å². The Hall–Kier alpha value is -2.55. The molecule has 1 aliphatic heterocycles. The number of nitrogens with zero attached hydrogens (tertiary/aromatic N) is 4. The van der Waals surface area contributed by atoms with Gasteiger partial charge in [0.2, 0.25) is 0 Å². The summed E-state index contributed by atoms with van der Waals surface area (Å²) in [6, 6.07) is 18.1. The zero-order chi connectivity index (χ0) is 22.0. The Kier molecular flexibility index (Phi) is 8.42. The molecular formula is C24H30N4O3S. The second-order valence-corrected chi connectivity index (χ2v) is 8.62. The van der Waals surface area contributed by atoms with Crippen LogP contribution in [0.15, 0.2) is 59.8 Å². The van der Waals surface area contributed by atoms with E-state index < -0.39 is 0 Å². The van der Waals surface area contributed by atoms with E-state index in [4.69, 9.17) is 14.2 Å². The third-order valence-electron chi connectivity index (χ3n) is 5.41. The number of benzene rings is 2. The summed E-state index contributed by atoms with van der Waals surface area (Å²) >= 11 is 1.76. The highest BCUT2D eigenvalue weighted by Gasteiger charge is 2.15. The van der Waals surface area contributed by atoms with Gasteiger partial charge in [0.25, 0.3) is 0 Å². The van der Waals surface area contributed by atoms with E-state index >= 15 is 0 Å². The van der Waals surface area contributed by atoms with Gasteiger partial charge in [-0.15, -0.1) is 10.2 Å². The highest BCUT2D eigenvalue weighted by atomic mass is 32.2. The molecule has 170 valence electrons. The van der Waals surface area contributed by atoms with Crippen molar-refractivity contribution >= 4 is 11.8 Å². The number of rotatable bonds is 11. The molecule has 0 unspecified atom stereocenters. The van der Waals surface area contributed by atoms with Crippen LogP contribution in [0.25, 0.3) is 0 Å². The van der Waals surface area contributed by atoms with Crippen LogP contribution in [-0.2, 0) is 24.3 Å². The first-order valence-electron chi connectivity index (χ1n) is 11.0. The van der Waals surface area contributed by atoms with E-state index in [-0.39, 0.29) is 0 Å². The minimum atomic E-state index is 0.360. The summed E-state index contributed by atoms with van der Waals surface area (Å²) in [5, 5.41) is 9.88. The standard InChI is InChI=1S/C24H30N4O3S/c1-29-21-8-5-9-22(18-21)31-19-23-25-26-24(32-17-14-27-12-15-30-16-13-27)28(23)11-10-20-6-3-2-4-7-20/h2-9,18H,10-17,19H2,1H3. The molecule has 0 aliphatic carbocycles. The van der Waals surface area contributed by atoms with Crippen LogP contribution < -0.4 is 9.47 Å². The van der Waals surface area contributed by atoms with Crippen LogP contribution in [0.2, 0.25) is 0 Å². The first-order chi connectivity index (χ1) is 15.8. The van der Waals surface area contributed by atoms with E-state index in [0.717, 1.165) is 74.0 Å². The monoisotopic (exact) mass is 454 g/mol. The second-order valence-electron chi connectivity index (χ2n) is 7.56. The zero-order valence-electron chi connectivity index (χ0n) is 18.5. The minimum Gasteiger partial charge on any atom is -0.497 e. The van der Waals surface area contributed by atoms with Crippen LogP contribution in [0.3, 0.4) is 0 Å². The maximum Gasteiger partial charge on any atom is 0.191 e. The number of hydrogen-bond acceptors (Lipinski definition) is 7. The molecule has 0 saturated carbocycles. The van der Waals surface area contributed by atoms with Gasteiger partial charge in [-0.1, -0.05) is 48.2 Å². The van der Waals surface area contributed by atoms with E-state index in [1.165, 1.54) is 5.56 Å². The van der Waals surface area contributed by atoms with E-state index in [0.29, 0.717) is 6.61 Å². The van der Waals surface area contributed by atoms with E-state index in [2.05, 4.69) is 43.9 Å². The summed E-state index contributed by atoms with van der Waals surface area (Å²) in [5.41, 5.74) is 1.30. The Labute approximate surface area is 193 Å². The first-order valence-corrected chi connectivity index (χ1v) is 12.0.